The Morgan fingerprint density at radius 1 is 0.673 bits per heavy atom. The molecule has 6 rings (SSSR count). The van der Waals surface area contributed by atoms with Crippen LogP contribution in [0, 0.1) is 22.3 Å². The fraction of sp³-hybridized carbons (Fsp3) is 0.551. The van der Waals surface area contributed by atoms with E-state index in [2.05, 4.69) is 165 Å². The van der Waals surface area contributed by atoms with Crippen molar-refractivity contribution < 1.29 is 49.0 Å². The van der Waals surface area contributed by atoms with Crippen LogP contribution in [0.2, 0.25) is 0 Å². The molecule has 0 radical (unpaired) electrons. The molecule has 0 aromatic heterocycles. The Morgan fingerprint density at radius 2 is 1.08 bits per heavy atom. The van der Waals surface area contributed by atoms with E-state index in [0.717, 1.165) is 6.42 Å². The third kappa shape index (κ3) is 10.7. The van der Waals surface area contributed by atoms with Crippen molar-refractivity contribution in [3.05, 3.63) is 88.5 Å². The second-order valence-electron chi connectivity index (χ2n) is 19.4. The summed E-state index contributed by atoms with van der Waals surface area (Å²) in [6, 6.07) is 12.3. The van der Waals surface area contributed by atoms with E-state index in [9.17, 15) is 0 Å². The maximum Gasteiger partial charge on any atom is -1.00 e. The van der Waals surface area contributed by atoms with Crippen LogP contribution in [0.1, 0.15) is 171 Å². The smallest absolute Gasteiger partial charge is 1.00 e. The number of hydrogen-bond acceptors (Lipinski definition) is 0. The van der Waals surface area contributed by atoms with E-state index in [1.54, 1.807) is 27.4 Å². The van der Waals surface area contributed by atoms with E-state index in [0.29, 0.717) is 5.41 Å². The van der Waals surface area contributed by atoms with Crippen LogP contribution in [-0.4, -0.2) is 3.21 Å². The van der Waals surface area contributed by atoms with Crippen LogP contribution < -0.4 is 24.8 Å². The fourth-order valence-electron chi connectivity index (χ4n) is 7.72. The van der Waals surface area contributed by atoms with Crippen LogP contribution in [0.3, 0.4) is 0 Å². The van der Waals surface area contributed by atoms with Crippen LogP contribution in [0.15, 0.2) is 60.2 Å². The van der Waals surface area contributed by atoms with Gasteiger partial charge in [0.05, 0.1) is 0 Å². The van der Waals surface area contributed by atoms with Gasteiger partial charge in [-0.25, -0.2) is 6.08 Å². The standard InChI is InChI=1S/C31H37.C9H13.C9H18.2ClH.Zr/c1-28(2,3)26-16-30(7,8)24-12-18-11-19-13-25-23(15-21(19)20(18)14-22(24)26)27(29(4,5)6)17-31(25,9)10;1-9(2,3)8-6-4-5-7-8;1-3-5-7-9-8-6-4-2;;;/h11-17H,1-10H3;6-7H,4H2,1-3H3;3-8H2,1-2H3;2*1H;/q2*-1;;;;+2/p-2. The van der Waals surface area contributed by atoms with Gasteiger partial charge in [-0.05, 0) is 33.1 Å². The Balaban J connectivity index is 0.000000369. The molecule has 284 valence electrons. The molecule has 3 aromatic rings. The van der Waals surface area contributed by atoms with Crippen molar-refractivity contribution in [2.24, 2.45) is 16.2 Å². The summed E-state index contributed by atoms with van der Waals surface area (Å²) in [4.78, 5) is 0. The normalized spacial score (nSPS) is 16.8. The Morgan fingerprint density at radius 3 is 1.37 bits per heavy atom. The van der Waals surface area contributed by atoms with E-state index in [1.165, 1.54) is 99.0 Å². The summed E-state index contributed by atoms with van der Waals surface area (Å²) < 4.78 is 1.79. The second-order valence-corrected chi connectivity index (χ2v) is 21.2. The molecular weight excluding hydrogens is 751 g/mol. The number of rotatable bonds is 6. The van der Waals surface area contributed by atoms with Crippen LogP contribution in [0.5, 0.6) is 0 Å². The number of fused-ring (bicyclic) bond motifs is 5. The van der Waals surface area contributed by atoms with Crippen molar-refractivity contribution in [1.29, 1.82) is 0 Å². The van der Waals surface area contributed by atoms with Crippen molar-refractivity contribution >= 4 is 35.9 Å². The zero-order valence-electron chi connectivity index (χ0n) is 35.4. The molecule has 0 heterocycles. The first kappa shape index (κ1) is 46.8. The van der Waals surface area contributed by atoms with E-state index < -0.39 is 0 Å². The molecule has 3 aliphatic rings. The quantitative estimate of drug-likeness (QED) is 0.218. The van der Waals surface area contributed by atoms with Gasteiger partial charge in [0.25, 0.3) is 0 Å². The monoisotopic (exact) mass is 816 g/mol. The molecule has 0 unspecified atom stereocenters. The number of halogens is 2. The van der Waals surface area contributed by atoms with E-state index in [4.69, 9.17) is 0 Å². The van der Waals surface area contributed by atoms with Gasteiger partial charge in [-0.2, -0.15) is 11.6 Å². The molecule has 0 spiro atoms. The van der Waals surface area contributed by atoms with Crippen molar-refractivity contribution in [2.45, 2.75) is 160 Å². The fourth-order valence-corrected chi connectivity index (χ4v) is 8.59. The Bertz CT molecular complexity index is 1730. The third-order valence-corrected chi connectivity index (χ3v) is 12.0. The maximum atomic E-state index is 3.16. The van der Waals surface area contributed by atoms with Crippen molar-refractivity contribution in [3.63, 3.8) is 0 Å². The number of benzene rings is 2. The Kier molecular flexibility index (Phi) is 15.8. The topological polar surface area (TPSA) is 0 Å². The molecule has 0 atom stereocenters. The van der Waals surface area contributed by atoms with Crippen LogP contribution in [-0.2, 0) is 35.1 Å². The molecule has 0 aliphatic heterocycles. The molecule has 0 amide bonds. The molecule has 52 heavy (non-hydrogen) atoms. The van der Waals surface area contributed by atoms with Gasteiger partial charge < -0.3 is 24.8 Å². The van der Waals surface area contributed by atoms with Gasteiger partial charge >= 0.3 is 79.8 Å². The number of unbranched alkanes of at least 4 members (excludes halogenated alkanes) is 2. The van der Waals surface area contributed by atoms with Gasteiger partial charge in [0, 0.05) is 10.8 Å². The SMILES string of the molecule is CC(C)(C)C1=CC(C)(C)c2cc3[cH-]c4cc5c(cc4c3cc21)C(C(C)(C)C)=CC5(C)C.CC(C)(C)C1=CC[C-]=C1.CCCC[C](=[Zr+2])CCCC.[Cl-].[Cl-]. The maximum absolute atomic E-state index is 3.16. The summed E-state index contributed by atoms with van der Waals surface area (Å²) in [6.45, 7) is 34.7. The molecule has 0 fully saturated rings. The van der Waals surface area contributed by atoms with Crippen LogP contribution >= 0.6 is 0 Å². The molecule has 3 aromatic carbocycles. The minimum absolute atomic E-state index is 0. The molecule has 0 nitrogen and oxygen atoms in total. The predicted octanol–water partition coefficient (Wildman–Crippen LogP) is 8.97. The zero-order chi connectivity index (χ0) is 37.4. The first-order valence-corrected chi connectivity index (χ1v) is 20.8. The van der Waals surface area contributed by atoms with Crippen molar-refractivity contribution in [2.75, 3.05) is 0 Å². The first-order valence-electron chi connectivity index (χ1n) is 19.5. The van der Waals surface area contributed by atoms with Crippen molar-refractivity contribution in [1.82, 2.24) is 0 Å². The number of allylic oxidation sites excluding steroid dienone is 8. The molecule has 3 heteroatoms. The largest absolute Gasteiger partial charge is 1.00 e. The summed E-state index contributed by atoms with van der Waals surface area (Å²) in [5, 5.41) is 5.58. The van der Waals surface area contributed by atoms with Gasteiger partial charge in [-0.3, -0.25) is 6.08 Å². The third-order valence-electron chi connectivity index (χ3n) is 10.8. The summed E-state index contributed by atoms with van der Waals surface area (Å²) in [5.74, 6) is 0. The summed E-state index contributed by atoms with van der Waals surface area (Å²) in [5.41, 5.74) is 11.0. The van der Waals surface area contributed by atoms with Gasteiger partial charge in [0.15, 0.2) is 0 Å². The summed E-state index contributed by atoms with van der Waals surface area (Å²) in [6.07, 6.45) is 21.8. The Labute approximate surface area is 347 Å². The molecular formula is C49H68Cl2Zr-2. The average molecular weight is 819 g/mol. The minimum atomic E-state index is 0. The Hall–Kier alpha value is -1.40. The minimum Gasteiger partial charge on any atom is -1.00 e. The zero-order valence-corrected chi connectivity index (χ0v) is 39.4. The first-order chi connectivity index (χ1) is 23.0. The molecule has 0 bridgehead atoms. The molecule has 3 aliphatic carbocycles. The molecule has 0 saturated carbocycles. The van der Waals surface area contributed by atoms with Gasteiger partial charge in [-0.1, -0.05) is 131 Å². The van der Waals surface area contributed by atoms with Crippen LogP contribution in [0.25, 0.3) is 32.7 Å². The van der Waals surface area contributed by atoms with Crippen LogP contribution in [0.4, 0.5) is 0 Å². The number of hydrogen-bond donors (Lipinski definition) is 0. The molecule has 0 saturated heterocycles. The average Bonchev–Trinajstić information content (AvgIpc) is 3.77. The van der Waals surface area contributed by atoms with Gasteiger partial charge in [0.2, 0.25) is 0 Å². The van der Waals surface area contributed by atoms with E-state index >= 15 is 0 Å². The van der Waals surface area contributed by atoms with Gasteiger partial charge in [-0.15, -0.1) is 46.2 Å². The van der Waals surface area contributed by atoms with E-state index in [-0.39, 0.29) is 46.5 Å². The summed E-state index contributed by atoms with van der Waals surface area (Å²) in [7, 11) is 0. The molecule has 0 N–H and O–H groups in total. The van der Waals surface area contributed by atoms with E-state index in [1.807, 2.05) is 0 Å². The second kappa shape index (κ2) is 17.6. The van der Waals surface area contributed by atoms with Gasteiger partial charge in [0.1, 0.15) is 0 Å². The summed E-state index contributed by atoms with van der Waals surface area (Å²) >= 11 is 1.67. The van der Waals surface area contributed by atoms with Crippen molar-refractivity contribution in [3.8, 4) is 0 Å². The predicted molar refractivity (Wildman–Crippen MR) is 222 cm³/mol.